The first-order valence-corrected chi connectivity index (χ1v) is 3.24. The molecular weight excluding hydrogens is 142 g/mol. The van der Waals surface area contributed by atoms with Gasteiger partial charge in [0.05, 0.1) is 6.26 Å². The van der Waals surface area contributed by atoms with Crippen LogP contribution in [-0.2, 0) is 0 Å². The summed E-state index contributed by atoms with van der Waals surface area (Å²) in [5.74, 6) is 5.62. The zero-order valence-electron chi connectivity index (χ0n) is 5.78. The number of rotatable bonds is 1. The van der Waals surface area contributed by atoms with Crippen molar-refractivity contribution in [1.82, 2.24) is 0 Å². The van der Waals surface area contributed by atoms with Crippen molar-refractivity contribution in [3.8, 4) is 5.75 Å². The highest BCUT2D eigenvalue weighted by molar-refractivity contribution is 5.78. The third kappa shape index (κ3) is 0.951. The monoisotopic (exact) mass is 149 g/mol. The van der Waals surface area contributed by atoms with Crippen LogP contribution in [-0.4, -0.2) is 0 Å². The van der Waals surface area contributed by atoms with E-state index >= 15 is 0 Å². The Morgan fingerprint density at radius 3 is 3.00 bits per heavy atom. The Bertz CT molecular complexity index is 367. The Labute approximate surface area is 63.3 Å². The highest BCUT2D eigenvalue weighted by atomic mass is 16.6. The molecule has 0 unspecified atom stereocenters. The van der Waals surface area contributed by atoms with Crippen LogP contribution in [0.3, 0.4) is 0 Å². The van der Waals surface area contributed by atoms with Crippen LogP contribution in [0.15, 0.2) is 34.9 Å². The SMILES string of the molecule is NOc1ccc2occc2c1. The summed E-state index contributed by atoms with van der Waals surface area (Å²) >= 11 is 0. The summed E-state index contributed by atoms with van der Waals surface area (Å²) in [4.78, 5) is 4.55. The van der Waals surface area contributed by atoms with E-state index in [0.29, 0.717) is 5.75 Å². The van der Waals surface area contributed by atoms with Gasteiger partial charge in [-0.1, -0.05) is 0 Å². The maximum Gasteiger partial charge on any atom is 0.147 e. The average Bonchev–Trinajstić information content (AvgIpc) is 2.50. The summed E-state index contributed by atoms with van der Waals surface area (Å²) in [5.41, 5.74) is 0.839. The van der Waals surface area contributed by atoms with Crippen LogP contribution in [0.25, 0.3) is 11.0 Å². The van der Waals surface area contributed by atoms with E-state index in [0.717, 1.165) is 11.0 Å². The predicted octanol–water partition coefficient (Wildman–Crippen LogP) is 1.69. The van der Waals surface area contributed by atoms with Crippen molar-refractivity contribution in [1.29, 1.82) is 0 Å². The molecule has 0 amide bonds. The molecule has 0 fully saturated rings. The van der Waals surface area contributed by atoms with Crippen molar-refractivity contribution in [2.75, 3.05) is 0 Å². The molecule has 0 saturated heterocycles. The molecule has 3 heteroatoms. The maximum atomic E-state index is 5.12. The Kier molecular flexibility index (Phi) is 1.30. The molecule has 0 aliphatic carbocycles. The minimum Gasteiger partial charge on any atom is -0.464 e. The number of nitrogens with two attached hydrogens (primary N) is 1. The fourth-order valence-electron chi connectivity index (χ4n) is 1.02. The molecule has 0 aliphatic rings. The second-order valence-electron chi connectivity index (χ2n) is 2.24. The molecule has 2 N–H and O–H groups in total. The molecule has 56 valence electrons. The molecule has 0 saturated carbocycles. The van der Waals surface area contributed by atoms with Gasteiger partial charge in [0.15, 0.2) is 0 Å². The van der Waals surface area contributed by atoms with E-state index in [1.54, 1.807) is 12.3 Å². The Balaban J connectivity index is 2.67. The average molecular weight is 149 g/mol. The van der Waals surface area contributed by atoms with Crippen molar-refractivity contribution in [2.24, 2.45) is 5.90 Å². The minimum absolute atomic E-state index is 0.638. The van der Waals surface area contributed by atoms with Crippen LogP contribution in [0.5, 0.6) is 5.75 Å². The standard InChI is InChI=1S/C8H7NO2/c9-11-7-1-2-8-6(5-7)3-4-10-8/h1-5H,9H2. The molecule has 3 nitrogen and oxygen atoms in total. The summed E-state index contributed by atoms with van der Waals surface area (Å²) < 4.78 is 5.12. The van der Waals surface area contributed by atoms with E-state index in [1.807, 2.05) is 18.2 Å². The molecule has 1 aromatic heterocycles. The van der Waals surface area contributed by atoms with Crippen molar-refractivity contribution < 1.29 is 9.25 Å². The van der Waals surface area contributed by atoms with Crippen molar-refractivity contribution >= 4 is 11.0 Å². The van der Waals surface area contributed by atoms with Gasteiger partial charge in [0.25, 0.3) is 0 Å². The van der Waals surface area contributed by atoms with Crippen molar-refractivity contribution in [3.63, 3.8) is 0 Å². The summed E-state index contributed by atoms with van der Waals surface area (Å²) in [7, 11) is 0. The van der Waals surface area contributed by atoms with Gasteiger partial charge in [-0.15, -0.1) is 0 Å². The molecule has 0 aliphatic heterocycles. The first kappa shape index (κ1) is 6.24. The lowest BCUT2D eigenvalue weighted by molar-refractivity contribution is 0.335. The first-order valence-electron chi connectivity index (χ1n) is 3.24. The van der Waals surface area contributed by atoms with Gasteiger partial charge >= 0.3 is 0 Å². The van der Waals surface area contributed by atoms with E-state index in [9.17, 15) is 0 Å². The summed E-state index contributed by atoms with van der Waals surface area (Å²) in [6.45, 7) is 0. The lowest BCUT2D eigenvalue weighted by atomic mass is 10.2. The molecule has 0 spiro atoms. The summed E-state index contributed by atoms with van der Waals surface area (Å²) in [6.07, 6.45) is 1.63. The molecule has 2 aromatic rings. The summed E-state index contributed by atoms with van der Waals surface area (Å²) in [6, 6.07) is 7.25. The van der Waals surface area contributed by atoms with Gasteiger partial charge in [0, 0.05) is 5.39 Å². The van der Waals surface area contributed by atoms with Gasteiger partial charge < -0.3 is 9.25 Å². The zero-order chi connectivity index (χ0) is 7.68. The number of hydrogen-bond donors (Lipinski definition) is 1. The van der Waals surface area contributed by atoms with Crippen LogP contribution >= 0.6 is 0 Å². The van der Waals surface area contributed by atoms with Crippen LogP contribution in [0.4, 0.5) is 0 Å². The Hall–Kier alpha value is -1.48. The van der Waals surface area contributed by atoms with E-state index in [2.05, 4.69) is 4.84 Å². The van der Waals surface area contributed by atoms with Gasteiger partial charge in [-0.25, -0.2) is 0 Å². The topological polar surface area (TPSA) is 48.4 Å². The molecule has 0 radical (unpaired) electrons. The first-order chi connectivity index (χ1) is 5.40. The van der Waals surface area contributed by atoms with Gasteiger partial charge in [0.1, 0.15) is 11.3 Å². The normalized spacial score (nSPS) is 10.3. The zero-order valence-corrected chi connectivity index (χ0v) is 5.78. The lowest BCUT2D eigenvalue weighted by Crippen LogP contribution is -2.00. The minimum atomic E-state index is 0.638. The second kappa shape index (κ2) is 2.29. The fraction of sp³-hybridized carbons (Fsp3) is 0. The van der Waals surface area contributed by atoms with Gasteiger partial charge in [-0.2, -0.15) is 5.90 Å². The molecule has 0 atom stereocenters. The Morgan fingerprint density at radius 1 is 1.27 bits per heavy atom. The number of fused-ring (bicyclic) bond motifs is 1. The quantitative estimate of drug-likeness (QED) is 0.627. The largest absolute Gasteiger partial charge is 0.464 e. The Morgan fingerprint density at radius 2 is 2.18 bits per heavy atom. The van der Waals surface area contributed by atoms with Crippen LogP contribution in [0.2, 0.25) is 0 Å². The van der Waals surface area contributed by atoms with Gasteiger partial charge in [-0.3, -0.25) is 0 Å². The summed E-state index contributed by atoms with van der Waals surface area (Å²) in [5, 5.41) is 0.993. The molecule has 0 bridgehead atoms. The predicted molar refractivity (Wildman–Crippen MR) is 41.0 cm³/mol. The number of hydrogen-bond acceptors (Lipinski definition) is 3. The van der Waals surface area contributed by atoms with Crippen LogP contribution in [0.1, 0.15) is 0 Å². The molecule has 1 aromatic carbocycles. The highest BCUT2D eigenvalue weighted by Crippen LogP contribution is 2.20. The highest BCUT2D eigenvalue weighted by Gasteiger charge is 1.97. The van der Waals surface area contributed by atoms with Crippen LogP contribution in [0, 0.1) is 0 Å². The number of benzene rings is 1. The third-order valence-corrected chi connectivity index (χ3v) is 1.56. The van der Waals surface area contributed by atoms with E-state index in [-0.39, 0.29) is 0 Å². The second-order valence-corrected chi connectivity index (χ2v) is 2.24. The molecule has 11 heavy (non-hydrogen) atoms. The fourth-order valence-corrected chi connectivity index (χ4v) is 1.02. The third-order valence-electron chi connectivity index (χ3n) is 1.56. The van der Waals surface area contributed by atoms with Gasteiger partial charge in [0.2, 0.25) is 0 Å². The van der Waals surface area contributed by atoms with Crippen molar-refractivity contribution in [3.05, 3.63) is 30.5 Å². The van der Waals surface area contributed by atoms with Crippen molar-refractivity contribution in [2.45, 2.75) is 0 Å². The smallest absolute Gasteiger partial charge is 0.147 e. The molecule has 1 heterocycles. The molecular formula is C8H7NO2. The maximum absolute atomic E-state index is 5.12. The lowest BCUT2D eigenvalue weighted by Gasteiger charge is -1.95. The number of furan rings is 1. The van der Waals surface area contributed by atoms with E-state index < -0.39 is 0 Å². The van der Waals surface area contributed by atoms with E-state index in [1.165, 1.54) is 0 Å². The van der Waals surface area contributed by atoms with E-state index in [4.69, 9.17) is 10.3 Å². The molecule has 2 rings (SSSR count). The van der Waals surface area contributed by atoms with Crippen LogP contribution < -0.4 is 10.7 Å². The van der Waals surface area contributed by atoms with Gasteiger partial charge in [-0.05, 0) is 24.3 Å².